The second-order valence-corrected chi connectivity index (χ2v) is 6.74. The number of amidine groups is 1. The summed E-state index contributed by atoms with van der Waals surface area (Å²) in [5.74, 6) is 4.75. The standard InChI is InChI=1S/C21H24N2O4/c1-23-13-16(14-25-18-7-8-19-20(12-18)27-15-26-19)11-21(23)22-9-10-24-17-5-3-2-4-6-17/h2-8,12,16H,9-11,13-15H2,1H3. The molecule has 0 amide bonds. The number of rotatable bonds is 7. The van der Waals surface area contributed by atoms with E-state index in [0.29, 0.717) is 25.7 Å². The molecule has 0 aromatic heterocycles. The third kappa shape index (κ3) is 4.45. The van der Waals surface area contributed by atoms with E-state index in [1.165, 1.54) is 0 Å². The van der Waals surface area contributed by atoms with Crippen LogP contribution in [-0.4, -0.2) is 50.9 Å². The molecule has 0 aliphatic carbocycles. The van der Waals surface area contributed by atoms with Gasteiger partial charge in [0.1, 0.15) is 18.1 Å². The predicted molar refractivity (Wildman–Crippen MR) is 103 cm³/mol. The number of benzene rings is 2. The largest absolute Gasteiger partial charge is 0.493 e. The van der Waals surface area contributed by atoms with Crippen molar-refractivity contribution in [2.75, 3.05) is 40.1 Å². The van der Waals surface area contributed by atoms with E-state index in [4.69, 9.17) is 23.9 Å². The molecule has 2 aliphatic rings. The van der Waals surface area contributed by atoms with Crippen molar-refractivity contribution in [1.82, 2.24) is 4.90 Å². The number of aliphatic imine (C=N–C) groups is 1. The van der Waals surface area contributed by atoms with Crippen LogP contribution in [-0.2, 0) is 0 Å². The van der Waals surface area contributed by atoms with E-state index >= 15 is 0 Å². The number of nitrogens with zero attached hydrogens (tertiary/aromatic N) is 2. The van der Waals surface area contributed by atoms with Crippen LogP contribution in [0, 0.1) is 5.92 Å². The molecule has 0 N–H and O–H groups in total. The Morgan fingerprint density at radius 3 is 2.78 bits per heavy atom. The van der Waals surface area contributed by atoms with Gasteiger partial charge in [-0.05, 0) is 24.3 Å². The zero-order valence-corrected chi connectivity index (χ0v) is 15.5. The van der Waals surface area contributed by atoms with Crippen LogP contribution in [0.4, 0.5) is 0 Å². The van der Waals surface area contributed by atoms with Crippen LogP contribution in [0.2, 0.25) is 0 Å². The molecule has 1 saturated heterocycles. The third-order valence-corrected chi connectivity index (χ3v) is 4.67. The van der Waals surface area contributed by atoms with Crippen molar-refractivity contribution in [3.8, 4) is 23.0 Å². The van der Waals surface area contributed by atoms with Crippen molar-refractivity contribution >= 4 is 5.84 Å². The van der Waals surface area contributed by atoms with Gasteiger partial charge in [0.25, 0.3) is 0 Å². The summed E-state index contributed by atoms with van der Waals surface area (Å²) in [7, 11) is 2.08. The molecule has 27 heavy (non-hydrogen) atoms. The molecule has 4 rings (SSSR count). The Hall–Kier alpha value is -2.89. The maximum atomic E-state index is 5.95. The fourth-order valence-corrected chi connectivity index (χ4v) is 3.30. The number of ether oxygens (including phenoxy) is 4. The highest BCUT2D eigenvalue weighted by Gasteiger charge is 2.25. The summed E-state index contributed by atoms with van der Waals surface area (Å²) >= 11 is 0. The smallest absolute Gasteiger partial charge is 0.231 e. The highest BCUT2D eigenvalue weighted by atomic mass is 16.7. The molecule has 0 spiro atoms. The third-order valence-electron chi connectivity index (χ3n) is 4.67. The zero-order chi connectivity index (χ0) is 18.5. The Morgan fingerprint density at radius 2 is 1.89 bits per heavy atom. The molecule has 0 radical (unpaired) electrons. The molecule has 0 bridgehead atoms. The number of likely N-dealkylation sites (tertiary alicyclic amines) is 1. The molecule has 1 unspecified atom stereocenters. The van der Waals surface area contributed by atoms with Crippen LogP contribution in [0.5, 0.6) is 23.0 Å². The van der Waals surface area contributed by atoms with Crippen LogP contribution in [0.1, 0.15) is 6.42 Å². The topological polar surface area (TPSA) is 52.5 Å². The number of fused-ring (bicyclic) bond motifs is 1. The monoisotopic (exact) mass is 368 g/mol. The van der Waals surface area contributed by atoms with Gasteiger partial charge in [0.05, 0.1) is 19.0 Å². The summed E-state index contributed by atoms with van der Waals surface area (Å²) in [5, 5.41) is 0. The van der Waals surface area contributed by atoms with E-state index in [9.17, 15) is 0 Å². The fraction of sp³-hybridized carbons (Fsp3) is 0.381. The lowest BCUT2D eigenvalue weighted by atomic mass is 10.1. The molecular weight excluding hydrogens is 344 g/mol. The average molecular weight is 368 g/mol. The van der Waals surface area contributed by atoms with E-state index in [2.05, 4.69) is 11.9 Å². The van der Waals surface area contributed by atoms with E-state index in [0.717, 1.165) is 41.8 Å². The minimum atomic E-state index is 0.278. The first kappa shape index (κ1) is 17.5. The Balaban J connectivity index is 1.23. The van der Waals surface area contributed by atoms with Crippen molar-refractivity contribution in [3.05, 3.63) is 48.5 Å². The lowest BCUT2D eigenvalue weighted by Crippen LogP contribution is -2.21. The van der Waals surface area contributed by atoms with Crippen molar-refractivity contribution in [2.45, 2.75) is 6.42 Å². The predicted octanol–water partition coefficient (Wildman–Crippen LogP) is 3.22. The Morgan fingerprint density at radius 1 is 1.04 bits per heavy atom. The first-order valence-electron chi connectivity index (χ1n) is 9.23. The molecule has 6 nitrogen and oxygen atoms in total. The minimum absolute atomic E-state index is 0.278. The first-order valence-corrected chi connectivity index (χ1v) is 9.23. The highest BCUT2D eigenvalue weighted by Crippen LogP contribution is 2.35. The van der Waals surface area contributed by atoms with Gasteiger partial charge >= 0.3 is 0 Å². The molecule has 6 heteroatoms. The maximum Gasteiger partial charge on any atom is 0.231 e. The second-order valence-electron chi connectivity index (χ2n) is 6.74. The number of hydrogen-bond acceptors (Lipinski definition) is 5. The van der Waals surface area contributed by atoms with Crippen LogP contribution in [0.15, 0.2) is 53.5 Å². The van der Waals surface area contributed by atoms with Crippen LogP contribution in [0.25, 0.3) is 0 Å². The minimum Gasteiger partial charge on any atom is -0.493 e. The zero-order valence-electron chi connectivity index (χ0n) is 15.5. The average Bonchev–Trinajstić information content (AvgIpc) is 3.30. The molecule has 142 valence electrons. The molecule has 2 aliphatic heterocycles. The van der Waals surface area contributed by atoms with E-state index in [-0.39, 0.29) is 6.79 Å². The van der Waals surface area contributed by atoms with E-state index < -0.39 is 0 Å². The van der Waals surface area contributed by atoms with Crippen molar-refractivity contribution in [2.24, 2.45) is 10.9 Å². The van der Waals surface area contributed by atoms with Crippen molar-refractivity contribution in [3.63, 3.8) is 0 Å². The van der Waals surface area contributed by atoms with Crippen LogP contribution in [0.3, 0.4) is 0 Å². The molecule has 2 aromatic rings. The van der Waals surface area contributed by atoms with Gasteiger partial charge in [0, 0.05) is 32.0 Å². The van der Waals surface area contributed by atoms with Crippen LogP contribution < -0.4 is 18.9 Å². The Bertz CT molecular complexity index is 794. The van der Waals surface area contributed by atoms with E-state index in [1.807, 2.05) is 48.5 Å². The summed E-state index contributed by atoms with van der Waals surface area (Å²) in [6, 6.07) is 15.5. The summed E-state index contributed by atoms with van der Waals surface area (Å²) in [6.07, 6.45) is 0.923. The second kappa shape index (κ2) is 8.20. The summed E-state index contributed by atoms with van der Waals surface area (Å²) in [4.78, 5) is 6.90. The summed E-state index contributed by atoms with van der Waals surface area (Å²) in [6.45, 7) is 3.12. The molecular formula is C21H24N2O4. The first-order chi connectivity index (χ1) is 13.3. The number of para-hydroxylation sites is 1. The quantitative estimate of drug-likeness (QED) is 0.703. The molecule has 2 aromatic carbocycles. The van der Waals surface area contributed by atoms with Gasteiger partial charge in [-0.3, -0.25) is 4.99 Å². The summed E-state index contributed by atoms with van der Waals surface area (Å²) < 4.78 is 22.4. The van der Waals surface area contributed by atoms with Crippen molar-refractivity contribution < 1.29 is 18.9 Å². The molecule has 2 heterocycles. The maximum absolute atomic E-state index is 5.95. The van der Waals surface area contributed by atoms with Gasteiger partial charge in [-0.1, -0.05) is 18.2 Å². The molecule has 1 fully saturated rings. The lowest BCUT2D eigenvalue weighted by Gasteiger charge is -2.13. The van der Waals surface area contributed by atoms with Gasteiger partial charge in [-0.25, -0.2) is 0 Å². The molecule has 1 atom stereocenters. The van der Waals surface area contributed by atoms with Gasteiger partial charge in [-0.2, -0.15) is 0 Å². The normalized spacial score (nSPS) is 19.5. The number of hydrogen-bond donors (Lipinski definition) is 0. The van der Waals surface area contributed by atoms with Gasteiger partial charge in [0.2, 0.25) is 6.79 Å². The highest BCUT2D eigenvalue weighted by molar-refractivity contribution is 5.84. The van der Waals surface area contributed by atoms with E-state index in [1.54, 1.807) is 0 Å². The van der Waals surface area contributed by atoms with Gasteiger partial charge < -0.3 is 23.8 Å². The van der Waals surface area contributed by atoms with Crippen molar-refractivity contribution in [1.29, 1.82) is 0 Å². The molecule has 0 saturated carbocycles. The lowest BCUT2D eigenvalue weighted by molar-refractivity contribution is 0.173. The van der Waals surface area contributed by atoms with Crippen LogP contribution >= 0.6 is 0 Å². The Labute approximate surface area is 159 Å². The van der Waals surface area contributed by atoms with Gasteiger partial charge in [0.15, 0.2) is 11.5 Å². The Kier molecular flexibility index (Phi) is 5.32. The SMILES string of the molecule is CN1CC(COc2ccc3c(c2)OCO3)CC1=NCCOc1ccccc1. The fourth-order valence-electron chi connectivity index (χ4n) is 3.30. The van der Waals surface area contributed by atoms with Gasteiger partial charge in [-0.15, -0.1) is 0 Å². The summed E-state index contributed by atoms with van der Waals surface area (Å²) in [5.41, 5.74) is 0.